The van der Waals surface area contributed by atoms with Crippen LogP contribution in [0.2, 0.25) is 0 Å². The molecule has 1 aliphatic heterocycles. The molecule has 1 nitrogen and oxygen atoms in total. The predicted molar refractivity (Wildman–Crippen MR) is 66.1 cm³/mol. The van der Waals surface area contributed by atoms with Gasteiger partial charge in [-0.25, -0.2) is 0 Å². The summed E-state index contributed by atoms with van der Waals surface area (Å²) in [6, 6.07) is 6.61. The van der Waals surface area contributed by atoms with E-state index in [1.165, 1.54) is 16.8 Å². The van der Waals surface area contributed by atoms with E-state index >= 15 is 0 Å². The third-order valence-corrected chi connectivity index (χ3v) is 3.80. The lowest BCUT2D eigenvalue weighted by molar-refractivity contribution is 0.412. The van der Waals surface area contributed by atoms with Crippen molar-refractivity contribution in [3.63, 3.8) is 0 Å². The SMILES string of the molecule is C=C1Nc2cc(C)ccc2C1(C)C(C)C. The van der Waals surface area contributed by atoms with Crippen molar-refractivity contribution in [2.45, 2.75) is 33.1 Å². The van der Waals surface area contributed by atoms with Crippen molar-refractivity contribution in [1.82, 2.24) is 0 Å². The Morgan fingerprint density at radius 1 is 1.33 bits per heavy atom. The van der Waals surface area contributed by atoms with E-state index in [1.807, 2.05) is 0 Å². The molecule has 1 unspecified atom stereocenters. The minimum atomic E-state index is 0.0725. The molecular weight excluding hydrogens is 182 g/mol. The Hall–Kier alpha value is -1.24. The summed E-state index contributed by atoms with van der Waals surface area (Å²) in [6.45, 7) is 13.1. The zero-order valence-corrected chi connectivity index (χ0v) is 10.0. The number of nitrogens with one attached hydrogen (secondary N) is 1. The normalized spacial score (nSPS) is 24.2. The molecule has 0 saturated carbocycles. The maximum absolute atomic E-state index is 4.16. The molecule has 0 amide bonds. The van der Waals surface area contributed by atoms with Gasteiger partial charge in [0.2, 0.25) is 0 Å². The molecule has 1 aliphatic rings. The van der Waals surface area contributed by atoms with E-state index in [0.717, 1.165) is 5.70 Å². The summed E-state index contributed by atoms with van der Waals surface area (Å²) >= 11 is 0. The zero-order valence-electron chi connectivity index (χ0n) is 10.0. The molecule has 0 aliphatic carbocycles. The molecule has 1 aromatic rings. The molecular formula is C14H19N. The fraction of sp³-hybridized carbons (Fsp3) is 0.429. The molecule has 1 N–H and O–H groups in total. The molecule has 0 aromatic heterocycles. The summed E-state index contributed by atoms with van der Waals surface area (Å²) in [5.74, 6) is 0.557. The average Bonchev–Trinajstić information content (AvgIpc) is 2.39. The highest BCUT2D eigenvalue weighted by Gasteiger charge is 2.40. The highest BCUT2D eigenvalue weighted by molar-refractivity contribution is 5.68. The van der Waals surface area contributed by atoms with Crippen molar-refractivity contribution in [1.29, 1.82) is 0 Å². The third kappa shape index (κ3) is 1.30. The van der Waals surface area contributed by atoms with E-state index in [2.05, 4.69) is 57.8 Å². The zero-order chi connectivity index (χ0) is 11.2. The van der Waals surface area contributed by atoms with Crippen LogP contribution in [0.3, 0.4) is 0 Å². The van der Waals surface area contributed by atoms with Gasteiger partial charge in [0, 0.05) is 16.8 Å². The van der Waals surface area contributed by atoms with Gasteiger partial charge in [-0.2, -0.15) is 0 Å². The van der Waals surface area contributed by atoms with Crippen molar-refractivity contribution >= 4 is 5.69 Å². The van der Waals surface area contributed by atoms with E-state index in [4.69, 9.17) is 0 Å². The lowest BCUT2D eigenvalue weighted by Gasteiger charge is -2.30. The smallest absolute Gasteiger partial charge is 0.0426 e. The van der Waals surface area contributed by atoms with Crippen LogP contribution in [0.4, 0.5) is 5.69 Å². The summed E-state index contributed by atoms with van der Waals surface area (Å²) in [5.41, 5.74) is 5.10. The highest BCUT2D eigenvalue weighted by atomic mass is 15.0. The Kier molecular flexibility index (Phi) is 2.14. The monoisotopic (exact) mass is 201 g/mol. The van der Waals surface area contributed by atoms with Gasteiger partial charge in [0.1, 0.15) is 0 Å². The Bertz CT molecular complexity index is 417. The van der Waals surface area contributed by atoms with Gasteiger partial charge < -0.3 is 5.32 Å². The van der Waals surface area contributed by atoms with Crippen molar-refractivity contribution < 1.29 is 0 Å². The van der Waals surface area contributed by atoms with Crippen LogP contribution in [0.15, 0.2) is 30.5 Å². The lowest BCUT2D eigenvalue weighted by Crippen LogP contribution is -2.28. The van der Waals surface area contributed by atoms with Crippen molar-refractivity contribution in [3.8, 4) is 0 Å². The largest absolute Gasteiger partial charge is 0.358 e. The number of rotatable bonds is 1. The molecule has 1 aromatic carbocycles. The molecule has 80 valence electrons. The van der Waals surface area contributed by atoms with Crippen LogP contribution < -0.4 is 5.32 Å². The number of hydrogen-bond donors (Lipinski definition) is 1. The molecule has 0 bridgehead atoms. The first-order valence-electron chi connectivity index (χ1n) is 5.53. The summed E-state index contributed by atoms with van der Waals surface area (Å²) in [7, 11) is 0. The van der Waals surface area contributed by atoms with Gasteiger partial charge in [-0.1, -0.05) is 32.6 Å². The molecule has 2 rings (SSSR count). The van der Waals surface area contributed by atoms with E-state index in [-0.39, 0.29) is 5.41 Å². The van der Waals surface area contributed by atoms with Gasteiger partial charge in [-0.05, 0) is 37.0 Å². The Labute approximate surface area is 92.2 Å². The molecule has 0 saturated heterocycles. The van der Waals surface area contributed by atoms with Crippen molar-refractivity contribution in [2.75, 3.05) is 5.32 Å². The number of fused-ring (bicyclic) bond motifs is 1. The van der Waals surface area contributed by atoms with E-state index in [1.54, 1.807) is 0 Å². The van der Waals surface area contributed by atoms with Gasteiger partial charge in [0.25, 0.3) is 0 Å². The Balaban J connectivity index is 2.60. The van der Waals surface area contributed by atoms with Crippen LogP contribution in [-0.4, -0.2) is 0 Å². The van der Waals surface area contributed by atoms with E-state index in [9.17, 15) is 0 Å². The minimum Gasteiger partial charge on any atom is -0.358 e. The second kappa shape index (κ2) is 3.13. The first kappa shape index (κ1) is 10.3. The summed E-state index contributed by atoms with van der Waals surface area (Å²) in [5, 5.41) is 3.42. The maximum Gasteiger partial charge on any atom is 0.0426 e. The molecule has 0 spiro atoms. The van der Waals surface area contributed by atoms with Crippen LogP contribution >= 0.6 is 0 Å². The molecule has 1 heterocycles. The molecule has 0 radical (unpaired) electrons. The van der Waals surface area contributed by atoms with Gasteiger partial charge in [-0.3, -0.25) is 0 Å². The lowest BCUT2D eigenvalue weighted by atomic mass is 9.73. The van der Waals surface area contributed by atoms with Crippen LogP contribution in [0.1, 0.15) is 31.9 Å². The van der Waals surface area contributed by atoms with Gasteiger partial charge in [-0.15, -0.1) is 0 Å². The van der Waals surface area contributed by atoms with Gasteiger partial charge >= 0.3 is 0 Å². The fourth-order valence-corrected chi connectivity index (χ4v) is 2.33. The van der Waals surface area contributed by atoms with Crippen molar-refractivity contribution in [3.05, 3.63) is 41.6 Å². The van der Waals surface area contributed by atoms with Crippen molar-refractivity contribution in [2.24, 2.45) is 5.92 Å². The first-order chi connectivity index (χ1) is 6.96. The summed E-state index contributed by atoms with van der Waals surface area (Å²) < 4.78 is 0. The molecule has 1 heteroatoms. The van der Waals surface area contributed by atoms with Crippen LogP contribution in [0.5, 0.6) is 0 Å². The predicted octanol–water partition coefficient (Wildman–Crippen LogP) is 3.85. The van der Waals surface area contributed by atoms with Gasteiger partial charge in [0.15, 0.2) is 0 Å². The molecule has 15 heavy (non-hydrogen) atoms. The summed E-state index contributed by atoms with van der Waals surface area (Å²) in [6.07, 6.45) is 0. The summed E-state index contributed by atoms with van der Waals surface area (Å²) in [4.78, 5) is 0. The number of allylic oxidation sites excluding steroid dienone is 1. The van der Waals surface area contributed by atoms with Crippen LogP contribution in [-0.2, 0) is 5.41 Å². The number of anilines is 1. The number of aryl methyl sites for hydroxylation is 1. The second-order valence-electron chi connectivity index (χ2n) is 5.01. The first-order valence-corrected chi connectivity index (χ1v) is 5.53. The fourth-order valence-electron chi connectivity index (χ4n) is 2.33. The van der Waals surface area contributed by atoms with E-state index in [0.29, 0.717) is 5.92 Å². The maximum atomic E-state index is 4.16. The third-order valence-electron chi connectivity index (χ3n) is 3.80. The minimum absolute atomic E-state index is 0.0725. The van der Waals surface area contributed by atoms with Crippen LogP contribution in [0.25, 0.3) is 0 Å². The Morgan fingerprint density at radius 3 is 2.60 bits per heavy atom. The van der Waals surface area contributed by atoms with Gasteiger partial charge in [0.05, 0.1) is 0 Å². The highest BCUT2D eigenvalue weighted by Crippen LogP contribution is 2.47. The van der Waals surface area contributed by atoms with Crippen LogP contribution in [0, 0.1) is 12.8 Å². The molecule has 0 fully saturated rings. The standard InChI is InChI=1S/C14H19N/c1-9(2)14(5)11(4)15-13-8-10(3)6-7-12(13)14/h6-9,15H,4H2,1-3,5H3. The quantitative estimate of drug-likeness (QED) is 0.727. The number of benzene rings is 1. The topological polar surface area (TPSA) is 12.0 Å². The average molecular weight is 201 g/mol. The second-order valence-corrected chi connectivity index (χ2v) is 5.01. The Morgan fingerprint density at radius 2 is 2.00 bits per heavy atom. The number of hydrogen-bond acceptors (Lipinski definition) is 1. The molecule has 1 atom stereocenters. The van der Waals surface area contributed by atoms with E-state index < -0.39 is 0 Å².